The van der Waals surface area contributed by atoms with Gasteiger partial charge in [0.05, 0.1) is 19.8 Å². The predicted octanol–water partition coefficient (Wildman–Crippen LogP) is -0.548. The van der Waals surface area contributed by atoms with E-state index < -0.39 is 12.3 Å². The highest BCUT2D eigenvalue weighted by atomic mass is 16.5. The Morgan fingerprint density at radius 2 is 2.38 bits per heavy atom. The summed E-state index contributed by atoms with van der Waals surface area (Å²) >= 11 is 0. The smallest absolute Gasteiger partial charge is 0.313 e. The molecule has 1 aliphatic rings. The van der Waals surface area contributed by atoms with E-state index >= 15 is 0 Å². The van der Waals surface area contributed by atoms with Crippen LogP contribution in [0.25, 0.3) is 11.2 Å². The molecule has 2 aromatic heterocycles. The molecule has 24 heavy (non-hydrogen) atoms. The highest BCUT2D eigenvalue weighted by Crippen LogP contribution is 2.28. The van der Waals surface area contributed by atoms with Gasteiger partial charge in [0.25, 0.3) is 11.5 Å². The summed E-state index contributed by atoms with van der Waals surface area (Å²) in [4.78, 5) is 18.7. The average Bonchev–Trinajstić information content (AvgIpc) is 3.00. The van der Waals surface area contributed by atoms with Crippen LogP contribution in [-0.2, 0) is 16.5 Å². The van der Waals surface area contributed by atoms with Crippen molar-refractivity contribution in [3.8, 4) is 0 Å². The van der Waals surface area contributed by atoms with Gasteiger partial charge in [0.1, 0.15) is 6.10 Å². The lowest BCUT2D eigenvalue weighted by atomic mass is 10.0. The zero-order chi connectivity index (χ0) is 17.4. The van der Waals surface area contributed by atoms with Gasteiger partial charge in [-0.05, 0) is 20.3 Å². The van der Waals surface area contributed by atoms with Crippen molar-refractivity contribution in [2.75, 3.05) is 18.9 Å². The van der Waals surface area contributed by atoms with Gasteiger partial charge >= 0.3 is 5.65 Å². The Labute approximate surface area is 139 Å². The third-order valence-electron chi connectivity index (χ3n) is 4.26. The summed E-state index contributed by atoms with van der Waals surface area (Å²) < 4.78 is 14.6. The predicted molar refractivity (Wildman–Crippen MR) is 86.1 cm³/mol. The number of ether oxygens (including phenoxy) is 2. The average molecular weight is 338 g/mol. The largest absolute Gasteiger partial charge is 0.386 e. The Morgan fingerprint density at radius 1 is 1.62 bits per heavy atom. The first-order chi connectivity index (χ1) is 11.4. The number of aryl methyl sites for hydroxylation is 1. The van der Waals surface area contributed by atoms with Crippen molar-refractivity contribution in [1.29, 1.82) is 0 Å². The van der Waals surface area contributed by atoms with Crippen LogP contribution < -0.4 is 15.9 Å². The van der Waals surface area contributed by atoms with Crippen LogP contribution in [-0.4, -0.2) is 45.1 Å². The van der Waals surface area contributed by atoms with E-state index in [0.717, 1.165) is 0 Å². The maximum absolute atomic E-state index is 12.1. The van der Waals surface area contributed by atoms with Crippen molar-refractivity contribution < 1.29 is 19.1 Å². The van der Waals surface area contributed by atoms with Crippen molar-refractivity contribution >= 4 is 17.1 Å². The number of nitrogens with one attached hydrogen (secondary N) is 1. The van der Waals surface area contributed by atoms with Crippen molar-refractivity contribution in [3.05, 3.63) is 16.7 Å². The van der Waals surface area contributed by atoms with Crippen LogP contribution in [0.15, 0.2) is 11.1 Å². The molecule has 0 amide bonds. The summed E-state index contributed by atoms with van der Waals surface area (Å²) in [5.74, 6) is -0.00216. The molecule has 4 N–H and O–H groups in total. The number of fused-ring (bicyclic) bond motifs is 1. The molecule has 0 aromatic carbocycles. The number of rotatable bonds is 5. The number of hydrogen-bond donors (Lipinski definition) is 3. The van der Waals surface area contributed by atoms with Gasteiger partial charge in [-0.2, -0.15) is 0 Å². The van der Waals surface area contributed by atoms with Gasteiger partial charge in [0, 0.05) is 12.5 Å². The molecule has 1 fully saturated rings. The van der Waals surface area contributed by atoms with E-state index in [1.54, 1.807) is 22.5 Å². The van der Waals surface area contributed by atoms with Gasteiger partial charge in [0.15, 0.2) is 6.33 Å². The fourth-order valence-corrected chi connectivity index (χ4v) is 3.06. The number of nitrogens with two attached hydrogens (primary N) is 1. The molecule has 0 saturated carbocycles. The fraction of sp³-hybridized carbons (Fsp3) is 0.667. The quantitative estimate of drug-likeness (QED) is 0.630. The number of anilines is 1. The Hall–Kier alpha value is -1.97. The topological polar surface area (TPSA) is 119 Å². The minimum Gasteiger partial charge on any atom is -0.386 e. The van der Waals surface area contributed by atoms with Crippen LogP contribution >= 0.6 is 0 Å². The van der Waals surface area contributed by atoms with Gasteiger partial charge in [-0.1, -0.05) is 4.98 Å². The monoisotopic (exact) mass is 338 g/mol. The first-order valence-corrected chi connectivity index (χ1v) is 8.05. The summed E-state index contributed by atoms with van der Waals surface area (Å²) in [5, 5.41) is 10.6. The molecule has 9 nitrogen and oxygen atoms in total. The molecule has 9 heteroatoms. The zero-order valence-corrected chi connectivity index (χ0v) is 14.1. The molecule has 0 aliphatic carbocycles. The molecular formula is C15H24N5O4+. The fourth-order valence-electron chi connectivity index (χ4n) is 3.06. The van der Waals surface area contributed by atoms with Crippen molar-refractivity contribution in [3.63, 3.8) is 0 Å². The number of aliphatic hydroxyl groups is 1. The summed E-state index contributed by atoms with van der Waals surface area (Å²) in [7, 11) is 1.74. The van der Waals surface area contributed by atoms with Gasteiger partial charge in [-0.25, -0.2) is 4.57 Å². The Morgan fingerprint density at radius 3 is 3.08 bits per heavy atom. The second-order valence-electron chi connectivity index (χ2n) is 6.44. The number of aromatic amines is 1. The number of aliphatic hydroxyl groups excluding tert-OH is 1. The first-order valence-electron chi connectivity index (χ1n) is 8.05. The minimum absolute atomic E-state index is 0.0295. The molecule has 3 atom stereocenters. The van der Waals surface area contributed by atoms with E-state index in [0.29, 0.717) is 30.8 Å². The van der Waals surface area contributed by atoms with Gasteiger partial charge in [-0.3, -0.25) is 14.3 Å². The lowest BCUT2D eigenvalue weighted by Gasteiger charge is -2.16. The van der Waals surface area contributed by atoms with E-state index in [-0.39, 0.29) is 23.5 Å². The normalized spacial score (nSPS) is 24.3. The number of nitrogen functional groups attached to an aromatic ring is 1. The highest BCUT2D eigenvalue weighted by Gasteiger charge is 2.41. The molecule has 0 unspecified atom stereocenters. The second kappa shape index (κ2) is 6.50. The second-order valence-corrected chi connectivity index (χ2v) is 6.44. The number of imidazole rings is 1. The maximum atomic E-state index is 12.1. The number of aromatic nitrogens is 4. The molecular weight excluding hydrogens is 314 g/mol. The Kier molecular flexibility index (Phi) is 4.57. The molecule has 132 valence electrons. The number of H-pyrrole nitrogens is 1. The van der Waals surface area contributed by atoms with Crippen LogP contribution in [0.3, 0.4) is 0 Å². The highest BCUT2D eigenvalue weighted by molar-refractivity contribution is 5.67. The molecule has 3 rings (SSSR count). The Bertz CT molecular complexity index is 784. The molecule has 0 radical (unpaired) electrons. The van der Waals surface area contributed by atoms with Crippen molar-refractivity contribution in [2.45, 2.75) is 38.7 Å². The summed E-state index contributed by atoms with van der Waals surface area (Å²) in [6.45, 7) is 4.95. The van der Waals surface area contributed by atoms with Crippen LogP contribution in [0.2, 0.25) is 0 Å². The zero-order valence-electron chi connectivity index (χ0n) is 14.1. The van der Waals surface area contributed by atoms with Crippen LogP contribution in [0.5, 0.6) is 0 Å². The lowest BCUT2D eigenvalue weighted by Crippen LogP contribution is -2.45. The van der Waals surface area contributed by atoms with E-state index in [4.69, 9.17) is 15.2 Å². The first kappa shape index (κ1) is 16.9. The minimum atomic E-state index is -0.710. The van der Waals surface area contributed by atoms with Crippen molar-refractivity contribution in [2.24, 2.45) is 13.0 Å². The van der Waals surface area contributed by atoms with Gasteiger partial charge in [-0.15, -0.1) is 0 Å². The molecule has 0 spiro atoms. The summed E-state index contributed by atoms with van der Waals surface area (Å²) in [6.07, 6.45) is 1.24. The number of nitrogens with zero attached hydrogens (tertiary/aromatic N) is 3. The van der Waals surface area contributed by atoms with Gasteiger partial charge in [0.2, 0.25) is 11.7 Å². The molecule has 3 heterocycles. The SMILES string of the molecule is CC(C)OCC[C@@H]1CO[C@@H]([n+]2cn(C)c3c(=O)[nH]c(N)nc32)[C@@H]1O. The van der Waals surface area contributed by atoms with Crippen LogP contribution in [0.1, 0.15) is 26.5 Å². The lowest BCUT2D eigenvalue weighted by molar-refractivity contribution is -0.744. The molecule has 1 saturated heterocycles. The molecule has 0 bridgehead atoms. The van der Waals surface area contributed by atoms with Gasteiger partial charge < -0.3 is 20.3 Å². The third-order valence-corrected chi connectivity index (χ3v) is 4.26. The van der Waals surface area contributed by atoms with E-state index in [9.17, 15) is 9.90 Å². The number of hydrogen-bond acceptors (Lipinski definition) is 6. The summed E-state index contributed by atoms with van der Waals surface area (Å²) in [6, 6.07) is 0. The van der Waals surface area contributed by atoms with Crippen molar-refractivity contribution in [1.82, 2.24) is 14.5 Å². The van der Waals surface area contributed by atoms with E-state index in [2.05, 4.69) is 9.97 Å². The molecule has 1 aliphatic heterocycles. The maximum Gasteiger partial charge on any atom is 0.313 e. The van der Waals surface area contributed by atoms with E-state index in [1.807, 2.05) is 13.8 Å². The molecule has 2 aromatic rings. The van der Waals surface area contributed by atoms with E-state index in [1.165, 1.54) is 0 Å². The third kappa shape index (κ3) is 3.02. The van der Waals surface area contributed by atoms with Crippen LogP contribution in [0, 0.1) is 5.92 Å². The van der Waals surface area contributed by atoms with Crippen LogP contribution in [0.4, 0.5) is 5.95 Å². The standard InChI is InChI=1S/C15H23N5O4/c1-8(2)23-5-4-9-6-24-14(11(9)21)20-7-19(3)10-12(20)17-15(16)18-13(10)22/h7-9,11,14,21H,4-6H2,1-3H3,(H2-,16,17,18,22)/p+1/t9-,11-,14-/m1/s1. The summed E-state index contributed by atoms with van der Waals surface area (Å²) in [5.41, 5.74) is 6.09. The Balaban J connectivity index is 1.85.